The van der Waals surface area contributed by atoms with Crippen molar-refractivity contribution in [1.29, 1.82) is 0 Å². The van der Waals surface area contributed by atoms with Crippen LogP contribution in [0.1, 0.15) is 40.9 Å². The molecule has 0 saturated heterocycles. The molecule has 3 heterocycles. The molecule has 26 heavy (non-hydrogen) atoms. The Kier molecular flexibility index (Phi) is 4.28. The summed E-state index contributed by atoms with van der Waals surface area (Å²) in [6, 6.07) is 5.60. The van der Waals surface area contributed by atoms with E-state index in [1.54, 1.807) is 24.3 Å². The molecular formula is C19H21N5O2. The van der Waals surface area contributed by atoms with E-state index in [0.29, 0.717) is 29.6 Å². The molecule has 3 aromatic heterocycles. The Morgan fingerprint density at radius 2 is 2.35 bits per heavy atom. The van der Waals surface area contributed by atoms with Crippen LogP contribution in [-0.4, -0.2) is 38.2 Å². The van der Waals surface area contributed by atoms with Gasteiger partial charge in [0.1, 0.15) is 5.69 Å². The minimum Gasteiger partial charge on any atom is -0.359 e. The quantitative estimate of drug-likeness (QED) is 0.781. The highest BCUT2D eigenvalue weighted by Gasteiger charge is 2.27. The Labute approximate surface area is 151 Å². The van der Waals surface area contributed by atoms with Crippen LogP contribution < -0.4 is 0 Å². The molecule has 0 bridgehead atoms. The van der Waals surface area contributed by atoms with Crippen LogP contribution in [-0.2, 0) is 19.4 Å². The predicted molar refractivity (Wildman–Crippen MR) is 95.3 cm³/mol. The molecule has 1 amide bonds. The SMILES string of the molecule is C[C@H]1CCc2[nH]nc(C(=O)N(C)Cc3cc(-c4cccnc4)no3)c2C1. The van der Waals surface area contributed by atoms with Crippen LogP contribution >= 0.6 is 0 Å². The fraction of sp³-hybridized carbons (Fsp3) is 0.368. The van der Waals surface area contributed by atoms with Gasteiger partial charge in [-0.3, -0.25) is 14.9 Å². The molecule has 0 radical (unpaired) electrons. The van der Waals surface area contributed by atoms with Crippen LogP contribution in [0.2, 0.25) is 0 Å². The number of amides is 1. The lowest BCUT2D eigenvalue weighted by atomic mass is 9.87. The topological polar surface area (TPSA) is 87.9 Å². The number of rotatable bonds is 4. The summed E-state index contributed by atoms with van der Waals surface area (Å²) in [5.41, 5.74) is 4.28. The first-order valence-electron chi connectivity index (χ1n) is 8.79. The first-order chi connectivity index (χ1) is 12.6. The largest absolute Gasteiger partial charge is 0.359 e. The zero-order valence-corrected chi connectivity index (χ0v) is 14.9. The minimum atomic E-state index is -0.101. The standard InChI is InChI=1S/C19H21N5O2/c1-12-5-6-16-15(8-12)18(22-21-16)19(25)24(2)11-14-9-17(23-26-14)13-4-3-7-20-10-13/h3-4,7,9-10,12H,5-6,8,11H2,1-2H3,(H,21,22)/t12-/m0/s1. The second-order valence-electron chi connectivity index (χ2n) is 6.96. The van der Waals surface area contributed by atoms with Gasteiger partial charge in [0.05, 0.1) is 6.54 Å². The summed E-state index contributed by atoms with van der Waals surface area (Å²) in [4.78, 5) is 18.5. The number of pyridine rings is 1. The maximum Gasteiger partial charge on any atom is 0.274 e. The second kappa shape index (κ2) is 6.74. The van der Waals surface area contributed by atoms with Crippen molar-refractivity contribution in [2.24, 2.45) is 5.92 Å². The molecule has 0 aliphatic heterocycles. The maximum absolute atomic E-state index is 12.8. The molecule has 7 heteroatoms. The van der Waals surface area contributed by atoms with Crippen molar-refractivity contribution in [3.05, 3.63) is 53.3 Å². The Hall–Kier alpha value is -2.96. The van der Waals surface area contributed by atoms with Gasteiger partial charge in [-0.2, -0.15) is 5.10 Å². The third-order valence-electron chi connectivity index (χ3n) is 4.85. The molecule has 3 aromatic rings. The number of nitrogens with one attached hydrogen (secondary N) is 1. The molecule has 4 rings (SSSR count). The molecular weight excluding hydrogens is 330 g/mol. The molecule has 1 aliphatic carbocycles. The summed E-state index contributed by atoms with van der Waals surface area (Å²) in [6.45, 7) is 2.55. The van der Waals surface area contributed by atoms with Crippen LogP contribution in [0, 0.1) is 5.92 Å². The summed E-state index contributed by atoms with van der Waals surface area (Å²) < 4.78 is 5.39. The van der Waals surface area contributed by atoms with Crippen molar-refractivity contribution in [3.8, 4) is 11.3 Å². The predicted octanol–water partition coefficient (Wildman–Crippen LogP) is 2.86. The Balaban J connectivity index is 1.49. The molecule has 1 aliphatic rings. The van der Waals surface area contributed by atoms with Gasteiger partial charge in [0.25, 0.3) is 5.91 Å². The van der Waals surface area contributed by atoms with E-state index in [2.05, 4.69) is 27.3 Å². The molecule has 0 spiro atoms. The lowest BCUT2D eigenvalue weighted by Crippen LogP contribution is -2.28. The van der Waals surface area contributed by atoms with Crippen molar-refractivity contribution >= 4 is 5.91 Å². The normalized spacial score (nSPS) is 16.3. The van der Waals surface area contributed by atoms with E-state index in [9.17, 15) is 4.79 Å². The number of hydrogen-bond donors (Lipinski definition) is 1. The van der Waals surface area contributed by atoms with Gasteiger partial charge in [-0.1, -0.05) is 12.1 Å². The van der Waals surface area contributed by atoms with Crippen LogP contribution in [0.15, 0.2) is 35.1 Å². The number of H-pyrrole nitrogens is 1. The van der Waals surface area contributed by atoms with Crippen molar-refractivity contribution in [3.63, 3.8) is 0 Å². The first-order valence-corrected chi connectivity index (χ1v) is 8.79. The number of nitrogens with zero attached hydrogens (tertiary/aromatic N) is 4. The molecule has 0 unspecified atom stereocenters. The Morgan fingerprint density at radius 3 is 3.15 bits per heavy atom. The Morgan fingerprint density at radius 1 is 1.46 bits per heavy atom. The van der Waals surface area contributed by atoms with Gasteiger partial charge < -0.3 is 9.42 Å². The summed E-state index contributed by atoms with van der Waals surface area (Å²) in [6.07, 6.45) is 6.43. The number of carbonyl (C=O) groups is 1. The van der Waals surface area contributed by atoms with Crippen LogP contribution in [0.5, 0.6) is 0 Å². The highest BCUT2D eigenvalue weighted by molar-refractivity contribution is 5.93. The van der Waals surface area contributed by atoms with E-state index >= 15 is 0 Å². The van der Waals surface area contributed by atoms with Crippen molar-refractivity contribution < 1.29 is 9.32 Å². The molecule has 0 aromatic carbocycles. The number of hydrogen-bond acceptors (Lipinski definition) is 5. The maximum atomic E-state index is 12.8. The van der Waals surface area contributed by atoms with Crippen LogP contribution in [0.25, 0.3) is 11.3 Å². The smallest absolute Gasteiger partial charge is 0.274 e. The van der Waals surface area contributed by atoms with E-state index in [1.807, 2.05) is 18.2 Å². The zero-order valence-electron chi connectivity index (χ0n) is 14.9. The van der Waals surface area contributed by atoms with Gasteiger partial charge in [-0.25, -0.2) is 0 Å². The van der Waals surface area contributed by atoms with Crippen LogP contribution in [0.3, 0.4) is 0 Å². The third kappa shape index (κ3) is 3.12. The fourth-order valence-corrected chi connectivity index (χ4v) is 3.37. The second-order valence-corrected chi connectivity index (χ2v) is 6.96. The van der Waals surface area contributed by atoms with Crippen molar-refractivity contribution in [2.75, 3.05) is 7.05 Å². The monoisotopic (exact) mass is 351 g/mol. The molecule has 0 saturated carbocycles. The van der Waals surface area contributed by atoms with Gasteiger partial charge in [-0.15, -0.1) is 0 Å². The number of aromatic amines is 1. The van der Waals surface area contributed by atoms with E-state index in [0.717, 1.165) is 36.1 Å². The lowest BCUT2D eigenvalue weighted by molar-refractivity contribution is 0.0765. The molecule has 1 atom stereocenters. The lowest BCUT2D eigenvalue weighted by Gasteiger charge is -2.19. The highest BCUT2D eigenvalue weighted by Crippen LogP contribution is 2.27. The van der Waals surface area contributed by atoms with Gasteiger partial charge in [0.15, 0.2) is 11.5 Å². The number of fused-ring (bicyclic) bond motifs is 1. The summed E-state index contributed by atoms with van der Waals surface area (Å²) in [5, 5.41) is 11.4. The Bertz CT molecular complexity index is 915. The van der Waals surface area contributed by atoms with Gasteiger partial charge >= 0.3 is 0 Å². The molecule has 7 nitrogen and oxygen atoms in total. The summed E-state index contributed by atoms with van der Waals surface area (Å²) in [7, 11) is 1.75. The third-order valence-corrected chi connectivity index (χ3v) is 4.85. The van der Waals surface area contributed by atoms with Gasteiger partial charge in [0.2, 0.25) is 0 Å². The summed E-state index contributed by atoms with van der Waals surface area (Å²) in [5.74, 6) is 1.10. The molecule has 134 valence electrons. The first kappa shape index (κ1) is 16.5. The van der Waals surface area contributed by atoms with Crippen LogP contribution in [0.4, 0.5) is 0 Å². The summed E-state index contributed by atoms with van der Waals surface area (Å²) >= 11 is 0. The fourth-order valence-electron chi connectivity index (χ4n) is 3.37. The van der Waals surface area contributed by atoms with Gasteiger partial charge in [0, 0.05) is 42.3 Å². The zero-order chi connectivity index (χ0) is 18.1. The van der Waals surface area contributed by atoms with Crippen molar-refractivity contribution in [2.45, 2.75) is 32.7 Å². The average molecular weight is 351 g/mol. The van der Waals surface area contributed by atoms with Crippen molar-refractivity contribution in [1.82, 2.24) is 25.2 Å². The van der Waals surface area contributed by atoms with E-state index < -0.39 is 0 Å². The van der Waals surface area contributed by atoms with E-state index in [1.165, 1.54) is 0 Å². The molecule has 0 fully saturated rings. The number of carbonyl (C=O) groups excluding carboxylic acids is 1. The average Bonchev–Trinajstić information content (AvgIpc) is 3.28. The van der Waals surface area contributed by atoms with Gasteiger partial charge in [-0.05, 0) is 37.3 Å². The minimum absolute atomic E-state index is 0.101. The number of aryl methyl sites for hydroxylation is 1. The molecule has 1 N–H and O–H groups in total. The number of aromatic nitrogens is 4. The van der Waals surface area contributed by atoms with E-state index in [4.69, 9.17) is 4.52 Å². The highest BCUT2D eigenvalue weighted by atomic mass is 16.5. The van der Waals surface area contributed by atoms with E-state index in [-0.39, 0.29) is 5.91 Å².